The van der Waals surface area contributed by atoms with Gasteiger partial charge in [0.25, 0.3) is 0 Å². The van der Waals surface area contributed by atoms with Gasteiger partial charge in [-0.25, -0.2) is 0 Å². The topological polar surface area (TPSA) is 40.5 Å². The zero-order valence-corrected chi connectivity index (χ0v) is 14.5. The molecular weight excluding hydrogens is 284 g/mol. The first-order valence-electron chi connectivity index (χ1n) is 9.37. The maximum absolute atomic E-state index is 10.7. The molecule has 4 rings (SSSR count). The second kappa shape index (κ2) is 4.87. The van der Waals surface area contributed by atoms with Crippen molar-refractivity contribution in [3.63, 3.8) is 0 Å². The number of terminal acetylenes is 1. The van der Waals surface area contributed by atoms with Gasteiger partial charge in [-0.05, 0) is 80.0 Å². The number of allylic oxidation sites excluding steroid dienone is 1. The number of aliphatic hydroxyl groups is 2. The summed E-state index contributed by atoms with van der Waals surface area (Å²) in [7, 11) is 0. The lowest BCUT2D eigenvalue weighted by Gasteiger charge is -2.57. The third kappa shape index (κ3) is 2.16. The smallest absolute Gasteiger partial charge is 0.126 e. The van der Waals surface area contributed by atoms with Crippen LogP contribution in [0, 0.1) is 40.9 Å². The Bertz CT molecular complexity index is 587. The van der Waals surface area contributed by atoms with Crippen LogP contribution in [0.5, 0.6) is 0 Å². The van der Waals surface area contributed by atoms with Crippen LogP contribution in [0.2, 0.25) is 0 Å². The van der Waals surface area contributed by atoms with Crippen molar-refractivity contribution in [2.45, 2.75) is 76.9 Å². The highest BCUT2D eigenvalue weighted by Crippen LogP contribution is 2.66. The van der Waals surface area contributed by atoms with E-state index in [1.54, 1.807) is 0 Å². The van der Waals surface area contributed by atoms with Crippen LogP contribution in [-0.2, 0) is 0 Å². The molecule has 0 amide bonds. The zero-order valence-electron chi connectivity index (χ0n) is 14.5. The van der Waals surface area contributed by atoms with Gasteiger partial charge in [0.15, 0.2) is 0 Å². The summed E-state index contributed by atoms with van der Waals surface area (Å²) >= 11 is 0. The van der Waals surface area contributed by atoms with Crippen molar-refractivity contribution in [1.82, 2.24) is 0 Å². The van der Waals surface area contributed by atoms with Gasteiger partial charge in [-0.2, -0.15) is 0 Å². The molecule has 3 fully saturated rings. The van der Waals surface area contributed by atoms with Gasteiger partial charge in [0.1, 0.15) is 5.60 Å². The quantitative estimate of drug-likeness (QED) is 0.529. The minimum absolute atomic E-state index is 0.141. The normalized spacial score (nSPS) is 55.2. The predicted octanol–water partition coefficient (Wildman–Crippen LogP) is 3.67. The van der Waals surface area contributed by atoms with Gasteiger partial charge in [0, 0.05) is 0 Å². The zero-order chi connectivity index (χ0) is 16.5. The van der Waals surface area contributed by atoms with Crippen LogP contribution in [0.15, 0.2) is 11.6 Å². The van der Waals surface area contributed by atoms with Gasteiger partial charge in [-0.1, -0.05) is 31.4 Å². The number of hydrogen-bond acceptors (Lipinski definition) is 2. The van der Waals surface area contributed by atoms with E-state index in [-0.39, 0.29) is 16.9 Å². The van der Waals surface area contributed by atoms with Crippen molar-refractivity contribution >= 4 is 0 Å². The average molecular weight is 314 g/mol. The van der Waals surface area contributed by atoms with Crippen LogP contribution in [0.4, 0.5) is 0 Å². The average Bonchev–Trinajstić information content (AvgIpc) is 2.79. The number of aliphatic hydroxyl groups excluding tert-OH is 1. The van der Waals surface area contributed by atoms with Crippen molar-refractivity contribution in [2.24, 2.45) is 28.6 Å². The van der Waals surface area contributed by atoms with E-state index in [4.69, 9.17) is 6.42 Å². The van der Waals surface area contributed by atoms with E-state index >= 15 is 0 Å². The molecule has 4 aliphatic carbocycles. The minimum Gasteiger partial charge on any atom is -0.393 e. The van der Waals surface area contributed by atoms with Gasteiger partial charge >= 0.3 is 0 Å². The summed E-state index contributed by atoms with van der Waals surface area (Å²) in [5.74, 6) is 4.60. The molecule has 0 spiro atoms. The van der Waals surface area contributed by atoms with Gasteiger partial charge in [0.05, 0.1) is 6.10 Å². The summed E-state index contributed by atoms with van der Waals surface area (Å²) in [5, 5.41) is 20.8. The Labute approximate surface area is 140 Å². The maximum atomic E-state index is 10.7. The van der Waals surface area contributed by atoms with Crippen molar-refractivity contribution in [3.8, 4) is 12.3 Å². The van der Waals surface area contributed by atoms with E-state index < -0.39 is 5.60 Å². The Morgan fingerprint density at radius 1 is 1.22 bits per heavy atom. The Balaban J connectivity index is 1.68. The lowest BCUT2D eigenvalue weighted by molar-refractivity contribution is -0.0360. The molecule has 2 nitrogen and oxygen atoms in total. The van der Waals surface area contributed by atoms with Crippen molar-refractivity contribution in [2.75, 3.05) is 0 Å². The molecule has 2 N–H and O–H groups in total. The molecule has 0 radical (unpaired) electrons. The highest BCUT2D eigenvalue weighted by Gasteiger charge is 2.60. The first-order chi connectivity index (χ1) is 10.8. The summed E-state index contributed by atoms with van der Waals surface area (Å²) < 4.78 is 0. The van der Waals surface area contributed by atoms with Crippen molar-refractivity contribution in [1.29, 1.82) is 0 Å². The summed E-state index contributed by atoms with van der Waals surface area (Å²) in [4.78, 5) is 0. The van der Waals surface area contributed by atoms with Crippen LogP contribution in [0.3, 0.4) is 0 Å². The number of rotatable bonds is 0. The summed E-state index contributed by atoms with van der Waals surface area (Å²) in [5.41, 5.74) is 1.09. The Hall–Kier alpha value is -0.780. The molecular formula is C21H30O2. The second-order valence-corrected chi connectivity index (χ2v) is 9.41. The Morgan fingerprint density at radius 3 is 2.74 bits per heavy atom. The fourth-order valence-corrected chi connectivity index (χ4v) is 6.87. The van der Waals surface area contributed by atoms with Crippen LogP contribution in [0.25, 0.3) is 0 Å². The molecule has 0 aromatic heterocycles. The molecule has 3 saturated carbocycles. The van der Waals surface area contributed by atoms with E-state index in [0.29, 0.717) is 17.8 Å². The highest BCUT2D eigenvalue weighted by atomic mass is 16.3. The van der Waals surface area contributed by atoms with Crippen LogP contribution in [0.1, 0.15) is 65.2 Å². The van der Waals surface area contributed by atoms with E-state index in [1.165, 1.54) is 18.4 Å². The molecule has 0 saturated heterocycles. The molecule has 7 atom stereocenters. The van der Waals surface area contributed by atoms with Crippen LogP contribution >= 0.6 is 0 Å². The van der Waals surface area contributed by atoms with Crippen molar-refractivity contribution in [3.05, 3.63) is 11.6 Å². The Kier molecular flexibility index (Phi) is 3.33. The predicted molar refractivity (Wildman–Crippen MR) is 91.5 cm³/mol. The van der Waals surface area contributed by atoms with Crippen LogP contribution < -0.4 is 0 Å². The molecule has 23 heavy (non-hydrogen) atoms. The van der Waals surface area contributed by atoms with E-state index in [1.807, 2.05) is 0 Å². The maximum Gasteiger partial charge on any atom is 0.126 e. The summed E-state index contributed by atoms with van der Waals surface area (Å²) in [6.45, 7) is 4.79. The monoisotopic (exact) mass is 314 g/mol. The summed E-state index contributed by atoms with van der Waals surface area (Å²) in [6, 6.07) is 0. The molecule has 0 bridgehead atoms. The molecule has 0 unspecified atom stereocenters. The van der Waals surface area contributed by atoms with E-state index in [2.05, 4.69) is 25.8 Å². The lowest BCUT2D eigenvalue weighted by Crippen LogP contribution is -2.49. The standard InChI is InChI=1S/C21H30O2/c1-4-21(23)12-18-16-6-5-14-11-15(22)7-10-20(14,3)17(16)8-9-19(18,2)13-21/h1,5,15-18,22-23H,6-13H2,2-3H3/t15-,16-,17+,18+,19-,20-,21-/m0/s1. The Morgan fingerprint density at radius 2 is 2.00 bits per heavy atom. The number of fused-ring (bicyclic) bond motifs is 5. The number of hydrogen-bond donors (Lipinski definition) is 2. The first kappa shape index (κ1) is 15.7. The van der Waals surface area contributed by atoms with Crippen LogP contribution in [-0.4, -0.2) is 21.9 Å². The SMILES string of the molecule is C#C[C@]1(O)C[C@@H]2[C@H]3CC=C4C[C@@H](O)CC[C@]4(C)[C@@H]3CC[C@@]2(C)C1. The van der Waals surface area contributed by atoms with Gasteiger partial charge in [-0.3, -0.25) is 0 Å². The molecule has 0 heterocycles. The van der Waals surface area contributed by atoms with E-state index in [9.17, 15) is 10.2 Å². The van der Waals surface area contributed by atoms with Crippen molar-refractivity contribution < 1.29 is 10.2 Å². The lowest BCUT2D eigenvalue weighted by atomic mass is 9.48. The van der Waals surface area contributed by atoms with Gasteiger partial charge in [-0.15, -0.1) is 6.42 Å². The third-order valence-corrected chi connectivity index (χ3v) is 8.12. The third-order valence-electron chi connectivity index (χ3n) is 8.12. The molecule has 0 aromatic carbocycles. The molecule has 126 valence electrons. The molecule has 0 aliphatic heterocycles. The molecule has 2 heteroatoms. The van der Waals surface area contributed by atoms with Gasteiger partial charge in [0.2, 0.25) is 0 Å². The highest BCUT2D eigenvalue weighted by molar-refractivity contribution is 5.27. The van der Waals surface area contributed by atoms with Gasteiger partial charge < -0.3 is 10.2 Å². The molecule has 4 aliphatic rings. The van der Waals surface area contributed by atoms with E-state index in [0.717, 1.165) is 38.5 Å². The summed E-state index contributed by atoms with van der Waals surface area (Å²) in [6.07, 6.45) is 16.0. The largest absolute Gasteiger partial charge is 0.393 e. The molecule has 0 aromatic rings. The first-order valence-corrected chi connectivity index (χ1v) is 9.37. The second-order valence-electron chi connectivity index (χ2n) is 9.41. The fraction of sp³-hybridized carbons (Fsp3) is 0.810. The fourth-order valence-electron chi connectivity index (χ4n) is 6.87. The minimum atomic E-state index is -0.887.